The molecule has 0 aliphatic heterocycles. The fourth-order valence-corrected chi connectivity index (χ4v) is 1.97. The van der Waals surface area contributed by atoms with E-state index in [1.807, 2.05) is 6.92 Å². The topological polar surface area (TPSA) is 17.1 Å². The predicted octanol–water partition coefficient (Wildman–Crippen LogP) is 4.75. The van der Waals surface area contributed by atoms with Crippen molar-refractivity contribution in [1.82, 2.24) is 0 Å². The Bertz CT molecular complexity index is 380. The highest BCUT2D eigenvalue weighted by Crippen LogP contribution is 2.18. The fraction of sp³-hybridized carbons (Fsp3) is 0.562. The van der Waals surface area contributed by atoms with Crippen LogP contribution in [-0.4, -0.2) is 5.78 Å². The molecule has 1 heteroatoms. The lowest BCUT2D eigenvalue weighted by Crippen LogP contribution is -2.02. The number of hydrogen-bond donors (Lipinski definition) is 0. The zero-order valence-electron chi connectivity index (χ0n) is 11.6. The Morgan fingerprint density at radius 2 is 1.53 bits per heavy atom. The van der Waals surface area contributed by atoms with Gasteiger partial charge < -0.3 is 0 Å². The van der Waals surface area contributed by atoms with Crippen LogP contribution >= 0.6 is 0 Å². The Balaban J connectivity index is 2.91. The molecule has 0 saturated heterocycles. The molecule has 1 rings (SSSR count). The van der Waals surface area contributed by atoms with Crippen molar-refractivity contribution in [3.05, 3.63) is 34.4 Å². The highest BCUT2D eigenvalue weighted by molar-refractivity contribution is 5.95. The highest BCUT2D eigenvalue weighted by atomic mass is 16.1. The Kier molecular flexibility index (Phi) is 5.40. The van der Waals surface area contributed by atoms with Gasteiger partial charge in [0.1, 0.15) is 0 Å². The number of Topliss-reactive ketones (excluding diaryl/α,β-unsaturated/α-hetero) is 1. The van der Waals surface area contributed by atoms with Gasteiger partial charge in [-0.3, -0.25) is 4.79 Å². The Labute approximate surface area is 105 Å². The molecule has 0 atom stereocenters. The molecular weight excluding hydrogens is 208 g/mol. The van der Waals surface area contributed by atoms with Gasteiger partial charge in [-0.05, 0) is 59.0 Å². The van der Waals surface area contributed by atoms with E-state index in [-0.39, 0.29) is 0 Å². The van der Waals surface area contributed by atoms with Gasteiger partial charge in [0.05, 0.1) is 0 Å². The molecule has 94 valence electrons. The van der Waals surface area contributed by atoms with Crippen molar-refractivity contribution >= 4 is 5.78 Å². The van der Waals surface area contributed by atoms with Crippen LogP contribution < -0.4 is 0 Å². The van der Waals surface area contributed by atoms with Crippen LogP contribution in [0.4, 0.5) is 0 Å². The van der Waals surface area contributed by atoms with Gasteiger partial charge in [-0.1, -0.05) is 28.9 Å². The van der Waals surface area contributed by atoms with E-state index < -0.39 is 0 Å². The molecule has 0 saturated carbocycles. The first-order valence-electron chi connectivity index (χ1n) is 6.51. The number of hydrogen-bond acceptors (Lipinski definition) is 1. The van der Waals surface area contributed by atoms with Crippen LogP contribution in [0.15, 0.2) is 34.4 Å². The summed E-state index contributed by atoms with van der Waals surface area (Å²) in [6.07, 6.45) is 9.27. The zero-order chi connectivity index (χ0) is 12.8. The average Bonchev–Trinajstić information content (AvgIpc) is 2.30. The molecule has 0 amide bonds. The Hall–Kier alpha value is -1.11. The van der Waals surface area contributed by atoms with E-state index in [4.69, 9.17) is 0 Å². The van der Waals surface area contributed by atoms with Gasteiger partial charge >= 0.3 is 0 Å². The van der Waals surface area contributed by atoms with Gasteiger partial charge in [0.25, 0.3) is 0 Å². The number of carbonyl (C=O) groups excluding carboxylic acids is 1. The molecule has 17 heavy (non-hydrogen) atoms. The van der Waals surface area contributed by atoms with Gasteiger partial charge in [-0.15, -0.1) is 0 Å². The lowest BCUT2D eigenvalue weighted by molar-refractivity contribution is -0.115. The van der Waals surface area contributed by atoms with Crippen LogP contribution in [-0.2, 0) is 4.79 Å². The molecular formula is C16H24O. The summed E-state index contributed by atoms with van der Waals surface area (Å²) < 4.78 is 0. The molecule has 0 fully saturated rings. The summed E-state index contributed by atoms with van der Waals surface area (Å²) in [6, 6.07) is 0. The second-order valence-corrected chi connectivity index (χ2v) is 5.17. The van der Waals surface area contributed by atoms with E-state index in [1.165, 1.54) is 16.7 Å². The van der Waals surface area contributed by atoms with Crippen LogP contribution in [0.2, 0.25) is 0 Å². The van der Waals surface area contributed by atoms with Crippen molar-refractivity contribution in [3.63, 3.8) is 0 Å². The maximum atomic E-state index is 12.0. The molecule has 0 radical (unpaired) electrons. The van der Waals surface area contributed by atoms with E-state index >= 15 is 0 Å². The first-order chi connectivity index (χ1) is 8.00. The van der Waals surface area contributed by atoms with E-state index in [1.54, 1.807) is 0 Å². The van der Waals surface area contributed by atoms with Crippen LogP contribution in [0.5, 0.6) is 0 Å². The fourth-order valence-electron chi connectivity index (χ4n) is 1.97. The van der Waals surface area contributed by atoms with E-state index in [2.05, 4.69) is 32.9 Å². The molecule has 1 aliphatic carbocycles. The summed E-state index contributed by atoms with van der Waals surface area (Å²) in [5.41, 5.74) is 4.95. The summed E-state index contributed by atoms with van der Waals surface area (Å²) >= 11 is 0. The van der Waals surface area contributed by atoms with Gasteiger partial charge in [-0.2, -0.15) is 0 Å². The molecule has 0 bridgehead atoms. The first-order valence-corrected chi connectivity index (χ1v) is 6.51. The summed E-state index contributed by atoms with van der Waals surface area (Å²) in [7, 11) is 0. The second-order valence-electron chi connectivity index (χ2n) is 5.17. The Morgan fingerprint density at radius 3 is 2.24 bits per heavy atom. The molecule has 0 aromatic rings. The lowest BCUT2D eigenvalue weighted by atomic mass is 9.96. The molecule has 0 N–H and O–H groups in total. The Morgan fingerprint density at radius 1 is 0.882 bits per heavy atom. The number of ketones is 1. The van der Waals surface area contributed by atoms with Crippen molar-refractivity contribution in [1.29, 1.82) is 0 Å². The van der Waals surface area contributed by atoms with Crippen LogP contribution in [0.25, 0.3) is 0 Å². The van der Waals surface area contributed by atoms with Crippen LogP contribution in [0, 0.1) is 0 Å². The molecule has 1 nitrogen and oxygen atoms in total. The smallest absolute Gasteiger partial charge is 0.158 e. The summed E-state index contributed by atoms with van der Waals surface area (Å²) in [6.45, 7) is 8.35. The van der Waals surface area contributed by atoms with Gasteiger partial charge in [0.2, 0.25) is 0 Å². The molecule has 0 heterocycles. The van der Waals surface area contributed by atoms with E-state index in [0.717, 1.165) is 31.3 Å². The zero-order valence-corrected chi connectivity index (χ0v) is 11.6. The van der Waals surface area contributed by atoms with Crippen LogP contribution in [0.3, 0.4) is 0 Å². The normalized spacial score (nSPS) is 20.4. The minimum Gasteiger partial charge on any atom is -0.295 e. The van der Waals surface area contributed by atoms with Crippen molar-refractivity contribution < 1.29 is 4.79 Å². The van der Waals surface area contributed by atoms with Crippen molar-refractivity contribution in [2.24, 2.45) is 0 Å². The minimum atomic E-state index is 0.307. The highest BCUT2D eigenvalue weighted by Gasteiger charge is 2.08. The standard InChI is InChI=1S/C16H24O/c1-12-6-5-7-13(2)9-11-16(17)15(4)14(3)10-8-12/h7-8H,5-6,9-11H2,1-4H3. The summed E-state index contributed by atoms with van der Waals surface area (Å²) in [5.74, 6) is 0.307. The largest absolute Gasteiger partial charge is 0.295 e. The van der Waals surface area contributed by atoms with Crippen molar-refractivity contribution in [3.8, 4) is 0 Å². The molecule has 0 aromatic heterocycles. The second kappa shape index (κ2) is 6.58. The summed E-state index contributed by atoms with van der Waals surface area (Å²) in [4.78, 5) is 12.0. The predicted molar refractivity (Wildman–Crippen MR) is 74.0 cm³/mol. The van der Waals surface area contributed by atoms with Gasteiger partial charge in [0.15, 0.2) is 5.78 Å². The number of rotatable bonds is 0. The SMILES string of the molecule is CC1=CCC(C)=C(C)C(=O)CCC(C)=CCC1. The molecule has 1 aliphatic rings. The van der Waals surface area contributed by atoms with Gasteiger partial charge in [-0.25, -0.2) is 0 Å². The van der Waals surface area contributed by atoms with E-state index in [0.29, 0.717) is 12.2 Å². The first kappa shape index (κ1) is 14.0. The monoisotopic (exact) mass is 232 g/mol. The molecule has 0 unspecified atom stereocenters. The lowest BCUT2D eigenvalue weighted by Gasteiger charge is -2.08. The minimum absolute atomic E-state index is 0.307. The quantitative estimate of drug-likeness (QED) is 0.551. The molecule has 0 spiro atoms. The maximum Gasteiger partial charge on any atom is 0.158 e. The average molecular weight is 232 g/mol. The third-order valence-corrected chi connectivity index (χ3v) is 3.59. The number of carbonyl (C=O) groups is 1. The number of allylic oxidation sites excluding steroid dienone is 6. The molecule has 0 aromatic carbocycles. The van der Waals surface area contributed by atoms with Gasteiger partial charge in [0, 0.05) is 6.42 Å². The third-order valence-electron chi connectivity index (χ3n) is 3.59. The maximum absolute atomic E-state index is 12.0. The van der Waals surface area contributed by atoms with E-state index in [9.17, 15) is 4.79 Å². The van der Waals surface area contributed by atoms with Crippen LogP contribution in [0.1, 0.15) is 59.8 Å². The van der Waals surface area contributed by atoms with Crippen molar-refractivity contribution in [2.45, 2.75) is 59.8 Å². The summed E-state index contributed by atoms with van der Waals surface area (Å²) in [5, 5.41) is 0. The third kappa shape index (κ3) is 4.72. The van der Waals surface area contributed by atoms with Crippen molar-refractivity contribution in [2.75, 3.05) is 0 Å².